The van der Waals surface area contributed by atoms with E-state index in [0.29, 0.717) is 12.0 Å². The summed E-state index contributed by atoms with van der Waals surface area (Å²) in [4.78, 5) is 13.2. The van der Waals surface area contributed by atoms with Crippen LogP contribution in [0.15, 0.2) is 24.3 Å². The molecule has 0 spiro atoms. The molecule has 4 heteroatoms. The highest BCUT2D eigenvalue weighted by Crippen LogP contribution is 2.13. The van der Waals surface area contributed by atoms with Crippen molar-refractivity contribution in [2.75, 3.05) is 20.6 Å². The molecule has 0 aliphatic carbocycles. The molecule has 0 heterocycles. The van der Waals surface area contributed by atoms with Crippen molar-refractivity contribution in [1.29, 1.82) is 0 Å². The van der Waals surface area contributed by atoms with Crippen molar-refractivity contribution in [3.8, 4) is 0 Å². The van der Waals surface area contributed by atoms with Crippen molar-refractivity contribution in [3.63, 3.8) is 0 Å². The van der Waals surface area contributed by atoms with Gasteiger partial charge in [0.05, 0.1) is 5.92 Å². The largest absolute Gasteiger partial charge is 0.349 e. The number of amides is 1. The fourth-order valence-corrected chi connectivity index (χ4v) is 1.57. The summed E-state index contributed by atoms with van der Waals surface area (Å²) < 4.78 is 13.4. The second-order valence-corrected chi connectivity index (χ2v) is 3.96. The molecule has 1 aromatic carbocycles. The maximum Gasteiger partial charge on any atom is 0.226 e. The van der Waals surface area contributed by atoms with Crippen LogP contribution in [-0.2, 0) is 11.2 Å². The van der Waals surface area contributed by atoms with Gasteiger partial charge in [0.25, 0.3) is 0 Å². The molecule has 16 heavy (non-hydrogen) atoms. The van der Waals surface area contributed by atoms with Gasteiger partial charge in [0.1, 0.15) is 5.82 Å². The van der Waals surface area contributed by atoms with E-state index in [4.69, 9.17) is 5.73 Å². The standard InChI is InChI=1S/C12H17FN2O/c1-15(2)12(16)10(8-14)7-9-5-3-4-6-11(9)13/h3-6,10H,7-8,14H2,1-2H3. The van der Waals surface area contributed by atoms with Crippen LogP contribution >= 0.6 is 0 Å². The highest BCUT2D eigenvalue weighted by molar-refractivity contribution is 5.78. The Morgan fingerprint density at radius 2 is 2.06 bits per heavy atom. The average molecular weight is 224 g/mol. The molecule has 0 aliphatic rings. The van der Waals surface area contributed by atoms with Gasteiger partial charge < -0.3 is 10.6 Å². The lowest BCUT2D eigenvalue weighted by Crippen LogP contribution is -2.35. The number of nitrogens with zero attached hydrogens (tertiary/aromatic N) is 1. The van der Waals surface area contributed by atoms with E-state index in [2.05, 4.69) is 0 Å². The quantitative estimate of drug-likeness (QED) is 0.830. The van der Waals surface area contributed by atoms with Gasteiger partial charge in [0.15, 0.2) is 0 Å². The Hall–Kier alpha value is -1.42. The van der Waals surface area contributed by atoms with Crippen LogP contribution in [0.3, 0.4) is 0 Å². The lowest BCUT2D eigenvalue weighted by Gasteiger charge is -2.19. The fraction of sp³-hybridized carbons (Fsp3) is 0.417. The molecular formula is C12H17FN2O. The Bertz CT molecular complexity index is 366. The van der Waals surface area contributed by atoms with Crippen LogP contribution in [0.25, 0.3) is 0 Å². The molecule has 0 saturated carbocycles. The van der Waals surface area contributed by atoms with Crippen LogP contribution in [0.1, 0.15) is 5.56 Å². The van der Waals surface area contributed by atoms with Crippen molar-refractivity contribution < 1.29 is 9.18 Å². The van der Waals surface area contributed by atoms with Gasteiger partial charge in [-0.2, -0.15) is 0 Å². The van der Waals surface area contributed by atoms with Crippen LogP contribution in [0.2, 0.25) is 0 Å². The average Bonchev–Trinajstić information content (AvgIpc) is 2.27. The van der Waals surface area contributed by atoms with E-state index in [0.717, 1.165) is 0 Å². The summed E-state index contributed by atoms with van der Waals surface area (Å²) in [6, 6.07) is 6.46. The summed E-state index contributed by atoms with van der Waals surface area (Å²) in [6.45, 7) is 0.228. The van der Waals surface area contributed by atoms with Crippen LogP contribution < -0.4 is 5.73 Å². The minimum absolute atomic E-state index is 0.0641. The van der Waals surface area contributed by atoms with Gasteiger partial charge in [0, 0.05) is 20.6 Å². The van der Waals surface area contributed by atoms with E-state index in [-0.39, 0.29) is 24.2 Å². The molecule has 88 valence electrons. The monoisotopic (exact) mass is 224 g/mol. The number of carbonyl (C=O) groups is 1. The SMILES string of the molecule is CN(C)C(=O)C(CN)Cc1ccccc1F. The number of rotatable bonds is 4. The lowest BCUT2D eigenvalue weighted by molar-refractivity contribution is -0.132. The molecule has 1 rings (SSSR count). The molecule has 0 bridgehead atoms. The first kappa shape index (κ1) is 12.6. The summed E-state index contributed by atoms with van der Waals surface area (Å²) in [5, 5.41) is 0. The molecule has 1 atom stereocenters. The first-order chi connectivity index (χ1) is 7.56. The predicted octanol–water partition coefficient (Wildman–Crippen LogP) is 1.03. The smallest absolute Gasteiger partial charge is 0.226 e. The maximum absolute atomic E-state index is 13.4. The van der Waals surface area contributed by atoms with Crippen LogP contribution in [0.4, 0.5) is 4.39 Å². The Kier molecular flexibility index (Phi) is 4.43. The minimum Gasteiger partial charge on any atom is -0.349 e. The van der Waals surface area contributed by atoms with Crippen LogP contribution in [0, 0.1) is 11.7 Å². The van der Waals surface area contributed by atoms with Gasteiger partial charge in [-0.3, -0.25) is 4.79 Å². The first-order valence-electron chi connectivity index (χ1n) is 5.21. The van der Waals surface area contributed by atoms with Gasteiger partial charge in [-0.05, 0) is 18.1 Å². The molecule has 0 aliphatic heterocycles. The Labute approximate surface area is 95.0 Å². The van der Waals surface area contributed by atoms with Crippen molar-refractivity contribution in [3.05, 3.63) is 35.6 Å². The summed E-state index contributed by atoms with van der Waals surface area (Å²) in [6.07, 6.45) is 0.347. The maximum atomic E-state index is 13.4. The molecule has 1 amide bonds. The van der Waals surface area contributed by atoms with Crippen molar-refractivity contribution in [2.24, 2.45) is 11.7 Å². The topological polar surface area (TPSA) is 46.3 Å². The number of benzene rings is 1. The molecule has 0 saturated heterocycles. The highest BCUT2D eigenvalue weighted by atomic mass is 19.1. The number of nitrogens with two attached hydrogens (primary N) is 1. The van der Waals surface area contributed by atoms with Gasteiger partial charge in [-0.15, -0.1) is 0 Å². The van der Waals surface area contributed by atoms with Gasteiger partial charge >= 0.3 is 0 Å². The lowest BCUT2D eigenvalue weighted by atomic mass is 9.98. The van der Waals surface area contributed by atoms with E-state index < -0.39 is 0 Å². The zero-order valence-corrected chi connectivity index (χ0v) is 9.61. The van der Waals surface area contributed by atoms with Gasteiger partial charge in [-0.25, -0.2) is 4.39 Å². The summed E-state index contributed by atoms with van der Waals surface area (Å²) in [5.41, 5.74) is 6.07. The summed E-state index contributed by atoms with van der Waals surface area (Å²) in [7, 11) is 3.35. The molecule has 3 nitrogen and oxygen atoms in total. The van der Waals surface area contributed by atoms with Crippen LogP contribution in [0.5, 0.6) is 0 Å². The van der Waals surface area contributed by atoms with E-state index in [1.807, 2.05) is 0 Å². The zero-order valence-electron chi connectivity index (χ0n) is 9.61. The van der Waals surface area contributed by atoms with Gasteiger partial charge in [0.2, 0.25) is 5.91 Å². The second-order valence-electron chi connectivity index (χ2n) is 3.96. The second kappa shape index (κ2) is 5.61. The highest BCUT2D eigenvalue weighted by Gasteiger charge is 2.20. The molecule has 1 aromatic rings. The van der Waals surface area contributed by atoms with Crippen LogP contribution in [-0.4, -0.2) is 31.4 Å². The van der Waals surface area contributed by atoms with Crippen molar-refractivity contribution in [1.82, 2.24) is 4.90 Å². The first-order valence-corrected chi connectivity index (χ1v) is 5.21. The van der Waals surface area contributed by atoms with Crippen molar-refractivity contribution in [2.45, 2.75) is 6.42 Å². The number of hydrogen-bond donors (Lipinski definition) is 1. The number of carbonyl (C=O) groups excluding carboxylic acids is 1. The predicted molar refractivity (Wildman–Crippen MR) is 61.3 cm³/mol. The normalized spacial score (nSPS) is 12.2. The third-order valence-electron chi connectivity index (χ3n) is 2.50. The molecule has 0 aromatic heterocycles. The Morgan fingerprint density at radius 3 is 2.56 bits per heavy atom. The fourth-order valence-electron chi connectivity index (χ4n) is 1.57. The summed E-state index contributed by atoms with van der Waals surface area (Å²) >= 11 is 0. The third-order valence-corrected chi connectivity index (χ3v) is 2.50. The Morgan fingerprint density at radius 1 is 1.44 bits per heavy atom. The molecule has 0 radical (unpaired) electrons. The third kappa shape index (κ3) is 3.03. The van der Waals surface area contributed by atoms with Crippen molar-refractivity contribution >= 4 is 5.91 Å². The van der Waals surface area contributed by atoms with E-state index in [1.165, 1.54) is 11.0 Å². The summed E-state index contributed by atoms with van der Waals surface area (Å²) in [5.74, 6) is -0.704. The number of hydrogen-bond acceptors (Lipinski definition) is 2. The van der Waals surface area contributed by atoms with E-state index in [1.54, 1.807) is 32.3 Å². The minimum atomic E-state index is -0.355. The number of halogens is 1. The van der Waals surface area contributed by atoms with E-state index >= 15 is 0 Å². The van der Waals surface area contributed by atoms with E-state index in [9.17, 15) is 9.18 Å². The van der Waals surface area contributed by atoms with Gasteiger partial charge in [-0.1, -0.05) is 18.2 Å². The molecule has 1 unspecified atom stereocenters. The zero-order chi connectivity index (χ0) is 12.1. The molecule has 0 fully saturated rings. The molecular weight excluding hydrogens is 207 g/mol. The Balaban J connectivity index is 2.78. The molecule has 2 N–H and O–H groups in total.